The molecule has 0 unspecified atom stereocenters. The van der Waals surface area contributed by atoms with E-state index in [-0.39, 0.29) is 25.4 Å². The fourth-order valence-corrected chi connectivity index (χ4v) is 5.24. The summed E-state index contributed by atoms with van der Waals surface area (Å²) in [5.41, 5.74) is 2.60. The first-order valence-corrected chi connectivity index (χ1v) is 14.8. The first-order valence-electron chi connectivity index (χ1n) is 14.8. The molecule has 0 radical (unpaired) electrons. The topological polar surface area (TPSA) is 136 Å². The van der Waals surface area contributed by atoms with Crippen LogP contribution in [-0.2, 0) is 33.6 Å². The lowest BCUT2D eigenvalue weighted by molar-refractivity contribution is -0.138. The SMILES string of the molecule is CC(C)C[C@@H](CO)NC(=O)[C@H](Cc1cnc[nH]1)NC(=O)[C@H](Cc1cccc2ccccc12)C(=O)NCCc1ccccc1. The zero-order valence-electron chi connectivity index (χ0n) is 24.8. The van der Waals surface area contributed by atoms with Crippen LogP contribution in [-0.4, -0.2) is 58.0 Å². The molecule has 4 rings (SSSR count). The van der Waals surface area contributed by atoms with E-state index in [1.54, 1.807) is 6.20 Å². The molecular weight excluding hydrogens is 542 g/mol. The van der Waals surface area contributed by atoms with E-state index in [1.807, 2.05) is 86.6 Å². The third-order valence-electron chi connectivity index (χ3n) is 7.43. The van der Waals surface area contributed by atoms with Crippen molar-refractivity contribution in [3.05, 3.63) is 102 Å². The Morgan fingerprint density at radius 3 is 2.33 bits per heavy atom. The number of hydrogen-bond donors (Lipinski definition) is 5. The first-order chi connectivity index (χ1) is 20.8. The van der Waals surface area contributed by atoms with Crippen LogP contribution in [0.4, 0.5) is 0 Å². The summed E-state index contributed by atoms with van der Waals surface area (Å²) in [7, 11) is 0. The number of nitrogens with one attached hydrogen (secondary N) is 4. The lowest BCUT2D eigenvalue weighted by Crippen LogP contribution is -2.54. The molecule has 0 saturated heterocycles. The Balaban J connectivity index is 1.56. The molecular formula is C34H41N5O4. The van der Waals surface area contributed by atoms with Crippen molar-refractivity contribution in [2.24, 2.45) is 11.8 Å². The molecule has 0 fully saturated rings. The normalized spacial score (nSPS) is 13.3. The lowest BCUT2D eigenvalue weighted by atomic mass is 9.93. The van der Waals surface area contributed by atoms with Crippen LogP contribution in [0.1, 0.15) is 37.1 Å². The molecule has 0 aliphatic carbocycles. The van der Waals surface area contributed by atoms with E-state index >= 15 is 0 Å². The molecule has 9 heteroatoms. The van der Waals surface area contributed by atoms with Crippen LogP contribution < -0.4 is 16.0 Å². The van der Waals surface area contributed by atoms with Gasteiger partial charge in [0.1, 0.15) is 12.0 Å². The Labute approximate surface area is 252 Å². The van der Waals surface area contributed by atoms with Gasteiger partial charge in [-0.25, -0.2) is 4.98 Å². The highest BCUT2D eigenvalue weighted by Gasteiger charge is 2.32. The Morgan fingerprint density at radius 1 is 0.860 bits per heavy atom. The minimum atomic E-state index is -1.08. The Bertz CT molecular complexity index is 1470. The highest BCUT2D eigenvalue weighted by Crippen LogP contribution is 2.22. The third-order valence-corrected chi connectivity index (χ3v) is 7.43. The van der Waals surface area contributed by atoms with Gasteiger partial charge in [-0.15, -0.1) is 0 Å². The summed E-state index contributed by atoms with van der Waals surface area (Å²) < 4.78 is 0. The maximum Gasteiger partial charge on any atom is 0.243 e. The number of aromatic amines is 1. The Morgan fingerprint density at radius 2 is 1.60 bits per heavy atom. The summed E-state index contributed by atoms with van der Waals surface area (Å²) in [4.78, 5) is 48.0. The Hall–Kier alpha value is -4.50. The van der Waals surface area contributed by atoms with Gasteiger partial charge < -0.3 is 26.0 Å². The predicted octanol–water partition coefficient (Wildman–Crippen LogP) is 3.33. The van der Waals surface area contributed by atoms with Crippen molar-refractivity contribution >= 4 is 28.5 Å². The minimum absolute atomic E-state index is 0.147. The third kappa shape index (κ3) is 9.24. The molecule has 3 amide bonds. The maximum atomic E-state index is 13.9. The molecule has 9 nitrogen and oxygen atoms in total. The molecule has 3 aromatic carbocycles. The Kier molecular flexibility index (Phi) is 11.4. The van der Waals surface area contributed by atoms with Gasteiger partial charge in [-0.05, 0) is 47.1 Å². The number of nitrogens with zero attached hydrogens (tertiary/aromatic N) is 1. The largest absolute Gasteiger partial charge is 0.394 e. The molecule has 0 aliphatic heterocycles. The van der Waals surface area contributed by atoms with Crippen molar-refractivity contribution < 1.29 is 19.5 Å². The number of imidazole rings is 1. The van der Waals surface area contributed by atoms with Gasteiger partial charge in [0, 0.05) is 24.9 Å². The second kappa shape index (κ2) is 15.7. The highest BCUT2D eigenvalue weighted by molar-refractivity contribution is 6.02. The minimum Gasteiger partial charge on any atom is -0.394 e. The molecule has 0 bridgehead atoms. The van der Waals surface area contributed by atoms with E-state index in [2.05, 4.69) is 25.9 Å². The number of carbonyl (C=O) groups excluding carboxylic acids is 3. The van der Waals surface area contributed by atoms with Gasteiger partial charge in [0.2, 0.25) is 17.7 Å². The smallest absolute Gasteiger partial charge is 0.243 e. The van der Waals surface area contributed by atoms with Crippen molar-refractivity contribution in [1.29, 1.82) is 0 Å². The molecule has 4 aromatic rings. The van der Waals surface area contributed by atoms with Gasteiger partial charge in [-0.3, -0.25) is 14.4 Å². The summed E-state index contributed by atoms with van der Waals surface area (Å²) in [5, 5.41) is 20.5. The molecule has 226 valence electrons. The van der Waals surface area contributed by atoms with Gasteiger partial charge >= 0.3 is 0 Å². The van der Waals surface area contributed by atoms with Crippen LogP contribution in [0.15, 0.2) is 85.3 Å². The second-order valence-electron chi connectivity index (χ2n) is 11.3. The number of benzene rings is 3. The van der Waals surface area contributed by atoms with E-state index in [0.29, 0.717) is 25.1 Å². The molecule has 0 spiro atoms. The average molecular weight is 584 g/mol. The number of H-pyrrole nitrogens is 1. The molecule has 1 heterocycles. The monoisotopic (exact) mass is 583 g/mol. The summed E-state index contributed by atoms with van der Waals surface area (Å²) >= 11 is 0. The maximum absolute atomic E-state index is 13.9. The number of aliphatic hydroxyl groups is 1. The molecule has 0 aliphatic rings. The summed E-state index contributed by atoms with van der Waals surface area (Å²) in [5.74, 6) is -2.22. The number of carbonyl (C=O) groups is 3. The number of rotatable bonds is 15. The predicted molar refractivity (Wildman–Crippen MR) is 167 cm³/mol. The zero-order valence-corrected chi connectivity index (χ0v) is 24.8. The fraction of sp³-hybridized carbons (Fsp3) is 0.353. The van der Waals surface area contributed by atoms with E-state index in [0.717, 1.165) is 21.9 Å². The van der Waals surface area contributed by atoms with Crippen LogP contribution in [0.2, 0.25) is 0 Å². The van der Waals surface area contributed by atoms with Crippen LogP contribution in [0.3, 0.4) is 0 Å². The highest BCUT2D eigenvalue weighted by atomic mass is 16.3. The summed E-state index contributed by atoms with van der Waals surface area (Å²) in [6, 6.07) is 22.0. The van der Waals surface area contributed by atoms with Crippen LogP contribution in [0, 0.1) is 11.8 Å². The van der Waals surface area contributed by atoms with Crippen LogP contribution in [0.25, 0.3) is 10.8 Å². The number of aliphatic hydroxyl groups excluding tert-OH is 1. The summed E-state index contributed by atoms with van der Waals surface area (Å²) in [6.45, 7) is 4.16. The lowest BCUT2D eigenvalue weighted by Gasteiger charge is -2.25. The quantitative estimate of drug-likeness (QED) is 0.137. The van der Waals surface area contributed by atoms with Crippen LogP contribution in [0.5, 0.6) is 0 Å². The number of fused-ring (bicyclic) bond motifs is 1. The van der Waals surface area contributed by atoms with E-state index in [4.69, 9.17) is 0 Å². The van der Waals surface area contributed by atoms with Crippen molar-refractivity contribution in [3.63, 3.8) is 0 Å². The number of amides is 3. The van der Waals surface area contributed by atoms with Crippen molar-refractivity contribution in [2.45, 2.75) is 51.6 Å². The van der Waals surface area contributed by atoms with Crippen LogP contribution >= 0.6 is 0 Å². The molecule has 5 N–H and O–H groups in total. The standard InChI is InChI=1S/C34H41N5O4/c1-23(2)17-28(21-40)38-34(43)31(19-27-20-35-22-37-27)39-33(42)30(32(41)36-16-15-24-9-4-3-5-10-24)18-26-13-8-12-25-11-6-7-14-29(25)26/h3-14,20,22-23,28,30-31,40H,15-19,21H2,1-2H3,(H,35,37)(H,36,41)(H,38,43)(H,39,42)/t28-,30+,31-/m0/s1. The van der Waals surface area contributed by atoms with Gasteiger partial charge in [0.25, 0.3) is 0 Å². The molecule has 0 saturated carbocycles. The van der Waals surface area contributed by atoms with E-state index in [9.17, 15) is 19.5 Å². The molecule has 43 heavy (non-hydrogen) atoms. The summed E-state index contributed by atoms with van der Waals surface area (Å²) in [6.07, 6.45) is 4.61. The number of hydrogen-bond acceptors (Lipinski definition) is 5. The average Bonchev–Trinajstić information content (AvgIpc) is 3.52. The van der Waals surface area contributed by atoms with Crippen molar-refractivity contribution in [1.82, 2.24) is 25.9 Å². The molecule has 3 atom stereocenters. The number of aromatic nitrogens is 2. The van der Waals surface area contributed by atoms with E-state index in [1.165, 1.54) is 6.33 Å². The molecule has 1 aromatic heterocycles. The zero-order chi connectivity index (χ0) is 30.6. The van der Waals surface area contributed by atoms with Gasteiger partial charge in [0.15, 0.2) is 0 Å². The van der Waals surface area contributed by atoms with Gasteiger partial charge in [0.05, 0.1) is 19.0 Å². The van der Waals surface area contributed by atoms with Gasteiger partial charge in [-0.2, -0.15) is 0 Å². The van der Waals surface area contributed by atoms with E-state index < -0.39 is 35.7 Å². The second-order valence-corrected chi connectivity index (χ2v) is 11.3. The fourth-order valence-electron chi connectivity index (χ4n) is 5.24. The van der Waals surface area contributed by atoms with Crippen molar-refractivity contribution in [3.8, 4) is 0 Å². The first kappa shape index (κ1) is 31.4. The van der Waals surface area contributed by atoms with Gasteiger partial charge in [-0.1, -0.05) is 86.6 Å². The van der Waals surface area contributed by atoms with Crippen molar-refractivity contribution in [2.75, 3.05) is 13.2 Å².